The number of rotatable bonds is 10. The highest BCUT2D eigenvalue weighted by atomic mass is 79.9. The van der Waals surface area contributed by atoms with Crippen molar-refractivity contribution in [1.82, 2.24) is 4.90 Å². The zero-order valence-corrected chi connectivity index (χ0v) is 25.1. The Labute approximate surface area is 225 Å². The molecule has 0 heterocycles. The van der Waals surface area contributed by atoms with Gasteiger partial charge in [-0.05, 0) is 62.3 Å². The molecule has 7 nitrogen and oxygen atoms in total. The maximum atomic E-state index is 14.4. The summed E-state index contributed by atoms with van der Waals surface area (Å²) < 4.78 is 44.7. The standard InChI is InChI=1S/C24H35BrF2N2O5SSi/c1-24(2,3)34-23(31)29(15-33-10-11-36(5,6)7)22(28)35-20(21(30)32-4)12-16(14-26)18-13-17(25)8-9-19(18)27/h8-9,12-13,16,28H,10-11,14-15H2,1-7H3/b20-12-,28-22?/t16-/m0/s1. The largest absolute Gasteiger partial charge is 0.465 e. The number of hydrogen-bond acceptors (Lipinski definition) is 7. The number of alkyl halides is 1. The van der Waals surface area contributed by atoms with Gasteiger partial charge in [-0.25, -0.2) is 18.9 Å². The number of hydrogen-bond donors (Lipinski definition) is 1. The number of amidine groups is 1. The quantitative estimate of drug-likeness (QED) is 0.0590. The van der Waals surface area contributed by atoms with Gasteiger partial charge >= 0.3 is 12.1 Å². The Kier molecular flexibility index (Phi) is 12.8. The van der Waals surface area contributed by atoms with Crippen LogP contribution in [0.25, 0.3) is 0 Å². The Morgan fingerprint density at radius 3 is 2.44 bits per heavy atom. The fourth-order valence-electron chi connectivity index (χ4n) is 2.65. The van der Waals surface area contributed by atoms with Gasteiger partial charge in [0.1, 0.15) is 18.1 Å². The van der Waals surface area contributed by atoms with Crippen LogP contribution in [0.4, 0.5) is 13.6 Å². The fraction of sp³-hybridized carbons (Fsp3) is 0.542. The topological polar surface area (TPSA) is 88.9 Å². The van der Waals surface area contributed by atoms with E-state index in [1.54, 1.807) is 20.8 Å². The van der Waals surface area contributed by atoms with Gasteiger partial charge < -0.3 is 14.2 Å². The van der Waals surface area contributed by atoms with Crippen molar-refractivity contribution in [3.05, 3.63) is 45.0 Å². The summed E-state index contributed by atoms with van der Waals surface area (Å²) in [5.41, 5.74) is -0.809. The maximum absolute atomic E-state index is 14.4. The molecular formula is C24H35BrF2N2O5SSi. The number of thioether (sulfide) groups is 1. The molecule has 0 bridgehead atoms. The second kappa shape index (κ2) is 14.2. The maximum Gasteiger partial charge on any atom is 0.418 e. The number of esters is 1. The first-order valence-corrected chi connectivity index (χ1v) is 16.6. The summed E-state index contributed by atoms with van der Waals surface area (Å²) in [6.07, 6.45) is 0.354. The number of amides is 1. The molecule has 0 saturated carbocycles. The van der Waals surface area contributed by atoms with Crippen LogP contribution in [0.3, 0.4) is 0 Å². The van der Waals surface area contributed by atoms with Gasteiger partial charge in [0.2, 0.25) is 0 Å². The number of nitrogens with zero attached hydrogens (tertiary/aromatic N) is 1. The van der Waals surface area contributed by atoms with E-state index < -0.39 is 44.1 Å². The van der Waals surface area contributed by atoms with Gasteiger partial charge in [0.15, 0.2) is 5.17 Å². The Morgan fingerprint density at radius 2 is 1.92 bits per heavy atom. The smallest absolute Gasteiger partial charge is 0.418 e. The molecule has 12 heteroatoms. The molecule has 1 atom stereocenters. The first-order chi connectivity index (χ1) is 16.6. The molecule has 1 N–H and O–H groups in total. The summed E-state index contributed by atoms with van der Waals surface area (Å²) >= 11 is 3.81. The van der Waals surface area contributed by atoms with Crippen molar-refractivity contribution < 1.29 is 32.6 Å². The lowest BCUT2D eigenvalue weighted by molar-refractivity contribution is -0.135. The molecule has 1 aromatic rings. The number of nitrogens with one attached hydrogen (secondary N) is 1. The summed E-state index contributed by atoms with van der Waals surface area (Å²) in [6.45, 7) is 10.7. The minimum atomic E-state index is -1.39. The number of allylic oxidation sites excluding steroid dienone is 1. The fourth-order valence-corrected chi connectivity index (χ4v) is 4.63. The zero-order chi connectivity index (χ0) is 27.7. The molecule has 0 radical (unpaired) electrons. The summed E-state index contributed by atoms with van der Waals surface area (Å²) in [4.78, 5) is 26.1. The van der Waals surface area contributed by atoms with Gasteiger partial charge in [-0.2, -0.15) is 0 Å². The van der Waals surface area contributed by atoms with Gasteiger partial charge in [-0.3, -0.25) is 9.80 Å². The van der Waals surface area contributed by atoms with Crippen LogP contribution < -0.4 is 0 Å². The lowest BCUT2D eigenvalue weighted by Gasteiger charge is -2.27. The van der Waals surface area contributed by atoms with E-state index in [-0.39, 0.29) is 22.4 Å². The minimum Gasteiger partial charge on any atom is -0.465 e. The van der Waals surface area contributed by atoms with Crippen LogP contribution in [0, 0.1) is 11.2 Å². The predicted octanol–water partition coefficient (Wildman–Crippen LogP) is 6.92. The number of ether oxygens (including phenoxy) is 3. The third-order valence-corrected chi connectivity index (χ3v) is 7.68. The van der Waals surface area contributed by atoms with Crippen LogP contribution in [0.2, 0.25) is 25.7 Å². The van der Waals surface area contributed by atoms with E-state index in [0.29, 0.717) is 22.8 Å². The summed E-state index contributed by atoms with van der Waals surface area (Å²) in [5, 5.41) is 8.13. The lowest BCUT2D eigenvalue weighted by Crippen LogP contribution is -2.41. The summed E-state index contributed by atoms with van der Waals surface area (Å²) in [6, 6.07) is 4.93. The number of carbonyl (C=O) groups excluding carboxylic acids is 2. The van der Waals surface area contributed by atoms with Gasteiger partial charge in [0.25, 0.3) is 0 Å². The van der Waals surface area contributed by atoms with E-state index in [1.165, 1.54) is 24.3 Å². The monoisotopic (exact) mass is 608 g/mol. The number of benzene rings is 1. The van der Waals surface area contributed by atoms with Gasteiger partial charge in [0.05, 0.1) is 18.7 Å². The van der Waals surface area contributed by atoms with Crippen LogP contribution >= 0.6 is 27.7 Å². The molecule has 0 aromatic heterocycles. The normalized spacial score (nSPS) is 13.2. The van der Waals surface area contributed by atoms with E-state index in [1.807, 2.05) is 0 Å². The zero-order valence-electron chi connectivity index (χ0n) is 21.7. The van der Waals surface area contributed by atoms with Gasteiger partial charge in [-0.1, -0.05) is 41.6 Å². The highest BCUT2D eigenvalue weighted by Crippen LogP contribution is 2.30. The average molecular weight is 610 g/mol. The van der Waals surface area contributed by atoms with Crippen molar-refractivity contribution >= 4 is 53.0 Å². The first kappa shape index (κ1) is 32.3. The molecule has 0 aliphatic heterocycles. The number of methoxy groups -OCH3 is 1. The average Bonchev–Trinajstić information content (AvgIpc) is 2.75. The van der Waals surface area contributed by atoms with Crippen molar-refractivity contribution in [1.29, 1.82) is 5.41 Å². The second-order valence-corrected chi connectivity index (χ2v) is 17.7. The molecule has 0 saturated heterocycles. The van der Waals surface area contributed by atoms with Crippen LogP contribution in [0.1, 0.15) is 32.3 Å². The van der Waals surface area contributed by atoms with E-state index in [9.17, 15) is 18.4 Å². The van der Waals surface area contributed by atoms with Crippen LogP contribution in [0.15, 0.2) is 33.7 Å². The Hall–Kier alpha value is -1.76. The molecule has 202 valence electrons. The molecule has 0 spiro atoms. The molecule has 0 unspecified atom stereocenters. The molecule has 0 aliphatic carbocycles. The third-order valence-electron chi connectivity index (χ3n) is 4.55. The SMILES string of the molecule is COC(=O)/C(=C/[C@@H](CF)c1cc(Br)ccc1F)SC(=N)N(COCC[Si](C)(C)C)C(=O)OC(C)(C)C. The Bertz CT molecular complexity index is 967. The van der Waals surface area contributed by atoms with Crippen LogP contribution in [0.5, 0.6) is 0 Å². The summed E-state index contributed by atoms with van der Waals surface area (Å²) in [5.74, 6) is -2.63. The highest BCUT2D eigenvalue weighted by molar-refractivity contribution is 9.10. The number of carbonyl (C=O) groups is 2. The summed E-state index contributed by atoms with van der Waals surface area (Å²) in [7, 11) is -0.255. The van der Waals surface area contributed by atoms with E-state index in [2.05, 4.69) is 35.6 Å². The molecule has 0 aliphatic rings. The van der Waals surface area contributed by atoms with E-state index >= 15 is 0 Å². The van der Waals surface area contributed by atoms with Gasteiger partial charge in [0, 0.05) is 25.1 Å². The van der Waals surface area contributed by atoms with Crippen molar-refractivity contribution in [2.75, 3.05) is 27.1 Å². The van der Waals surface area contributed by atoms with E-state index in [4.69, 9.17) is 19.6 Å². The van der Waals surface area contributed by atoms with Crippen molar-refractivity contribution in [2.24, 2.45) is 0 Å². The van der Waals surface area contributed by atoms with E-state index in [0.717, 1.165) is 18.1 Å². The third kappa shape index (κ3) is 11.5. The van der Waals surface area contributed by atoms with Crippen LogP contribution in [-0.2, 0) is 19.0 Å². The second-order valence-electron chi connectivity index (χ2n) is 10.1. The number of halogens is 3. The van der Waals surface area contributed by atoms with Crippen molar-refractivity contribution in [3.8, 4) is 0 Å². The van der Waals surface area contributed by atoms with Gasteiger partial charge in [-0.15, -0.1) is 0 Å². The molecule has 1 amide bonds. The Morgan fingerprint density at radius 1 is 1.28 bits per heavy atom. The van der Waals surface area contributed by atoms with Crippen molar-refractivity contribution in [2.45, 2.75) is 58.0 Å². The molecule has 36 heavy (non-hydrogen) atoms. The molecule has 0 fully saturated rings. The lowest BCUT2D eigenvalue weighted by atomic mass is 9.99. The molecule has 1 rings (SSSR count). The predicted molar refractivity (Wildman–Crippen MR) is 145 cm³/mol. The first-order valence-electron chi connectivity index (χ1n) is 11.2. The molecule has 1 aromatic carbocycles. The van der Waals surface area contributed by atoms with Crippen molar-refractivity contribution in [3.63, 3.8) is 0 Å². The Balaban J connectivity index is 3.24. The highest BCUT2D eigenvalue weighted by Gasteiger charge is 2.29. The minimum absolute atomic E-state index is 0.0269. The van der Waals surface area contributed by atoms with Crippen LogP contribution in [-0.4, -0.2) is 62.9 Å². The molecular weight excluding hydrogens is 574 g/mol.